The van der Waals surface area contributed by atoms with Gasteiger partial charge in [-0.1, -0.05) is 20.8 Å². The summed E-state index contributed by atoms with van der Waals surface area (Å²) in [4.78, 5) is 11.3. The van der Waals surface area contributed by atoms with Crippen molar-refractivity contribution in [3.05, 3.63) is 0 Å². The maximum absolute atomic E-state index is 11.3. The third-order valence-electron chi connectivity index (χ3n) is 1.66. The average molecular weight is 157 g/mol. The van der Waals surface area contributed by atoms with Gasteiger partial charge >= 0.3 is 0 Å². The Kier molecular flexibility index (Phi) is 3.73. The number of nitrogens with two attached hydrogens (primary N) is 1. The Bertz CT molecular complexity index is 133. The fourth-order valence-electron chi connectivity index (χ4n) is 0.734. The zero-order chi connectivity index (χ0) is 9.07. The second-order valence-electron chi connectivity index (χ2n) is 4.19. The van der Waals surface area contributed by atoms with Crippen LogP contribution in [0.1, 0.15) is 40.5 Å². The number of Topliss-reactive ketones (excluding diaryl/α,β-unsaturated/α-hetero) is 1. The van der Waals surface area contributed by atoms with Crippen molar-refractivity contribution in [1.29, 1.82) is 0 Å². The van der Waals surface area contributed by atoms with Gasteiger partial charge in [0.1, 0.15) is 5.78 Å². The van der Waals surface area contributed by atoms with Crippen LogP contribution in [0, 0.1) is 5.41 Å². The van der Waals surface area contributed by atoms with Crippen LogP contribution in [0.4, 0.5) is 0 Å². The highest BCUT2D eigenvalue weighted by atomic mass is 16.1. The van der Waals surface area contributed by atoms with Crippen molar-refractivity contribution < 1.29 is 4.79 Å². The minimum atomic E-state index is -0.200. The Morgan fingerprint density at radius 1 is 1.45 bits per heavy atom. The predicted molar refractivity (Wildman–Crippen MR) is 47.3 cm³/mol. The molecule has 0 saturated carbocycles. The number of carbonyl (C=O) groups is 1. The van der Waals surface area contributed by atoms with E-state index in [1.807, 2.05) is 27.7 Å². The largest absolute Gasteiger partial charge is 0.328 e. The van der Waals surface area contributed by atoms with Gasteiger partial charge in [-0.15, -0.1) is 0 Å². The van der Waals surface area contributed by atoms with E-state index in [1.54, 1.807) is 0 Å². The second-order valence-corrected chi connectivity index (χ2v) is 4.19. The molecule has 1 atom stereocenters. The van der Waals surface area contributed by atoms with E-state index in [0.29, 0.717) is 12.2 Å². The summed E-state index contributed by atoms with van der Waals surface area (Å²) in [5, 5.41) is 0. The van der Waals surface area contributed by atoms with Crippen molar-refractivity contribution in [3.63, 3.8) is 0 Å². The fourth-order valence-corrected chi connectivity index (χ4v) is 0.734. The van der Waals surface area contributed by atoms with E-state index in [9.17, 15) is 4.79 Å². The van der Waals surface area contributed by atoms with Gasteiger partial charge in [-0.2, -0.15) is 0 Å². The quantitative estimate of drug-likeness (QED) is 0.678. The highest BCUT2D eigenvalue weighted by Gasteiger charge is 2.20. The van der Waals surface area contributed by atoms with Gasteiger partial charge < -0.3 is 5.73 Å². The smallest absolute Gasteiger partial charge is 0.138 e. The average Bonchev–Trinajstić information content (AvgIpc) is 1.80. The van der Waals surface area contributed by atoms with Crippen LogP contribution in [-0.4, -0.2) is 11.8 Å². The van der Waals surface area contributed by atoms with Crippen molar-refractivity contribution >= 4 is 5.78 Å². The zero-order valence-corrected chi connectivity index (χ0v) is 7.98. The SMILES string of the molecule is C[C@@H](N)CCC(=O)C(C)(C)C. The van der Waals surface area contributed by atoms with Crippen molar-refractivity contribution in [1.82, 2.24) is 0 Å². The molecule has 0 aromatic rings. The van der Waals surface area contributed by atoms with Crippen LogP contribution in [0.25, 0.3) is 0 Å². The summed E-state index contributed by atoms with van der Waals surface area (Å²) in [6.07, 6.45) is 1.41. The molecular weight excluding hydrogens is 138 g/mol. The molecule has 0 aliphatic carbocycles. The molecule has 11 heavy (non-hydrogen) atoms. The number of rotatable bonds is 3. The minimum Gasteiger partial charge on any atom is -0.328 e. The Balaban J connectivity index is 3.71. The van der Waals surface area contributed by atoms with Crippen molar-refractivity contribution in [3.8, 4) is 0 Å². The lowest BCUT2D eigenvalue weighted by molar-refractivity contribution is -0.126. The van der Waals surface area contributed by atoms with E-state index in [4.69, 9.17) is 5.73 Å². The molecule has 2 nitrogen and oxygen atoms in total. The van der Waals surface area contributed by atoms with Crippen LogP contribution in [-0.2, 0) is 4.79 Å². The zero-order valence-electron chi connectivity index (χ0n) is 7.98. The summed E-state index contributed by atoms with van der Waals surface area (Å²) < 4.78 is 0. The van der Waals surface area contributed by atoms with Gasteiger partial charge in [0.05, 0.1) is 0 Å². The van der Waals surface area contributed by atoms with Gasteiger partial charge in [0.15, 0.2) is 0 Å². The summed E-state index contributed by atoms with van der Waals surface area (Å²) >= 11 is 0. The van der Waals surface area contributed by atoms with E-state index in [1.165, 1.54) is 0 Å². The molecule has 0 radical (unpaired) electrons. The third kappa shape index (κ3) is 4.96. The van der Waals surface area contributed by atoms with Gasteiger partial charge in [-0.25, -0.2) is 0 Å². The summed E-state index contributed by atoms with van der Waals surface area (Å²) in [5.74, 6) is 0.301. The lowest BCUT2D eigenvalue weighted by Crippen LogP contribution is -2.23. The van der Waals surface area contributed by atoms with E-state index in [0.717, 1.165) is 6.42 Å². The van der Waals surface area contributed by atoms with Crippen molar-refractivity contribution in [2.75, 3.05) is 0 Å². The first kappa shape index (κ1) is 10.6. The number of hydrogen-bond acceptors (Lipinski definition) is 2. The maximum Gasteiger partial charge on any atom is 0.138 e. The second kappa shape index (κ2) is 3.86. The molecule has 0 heterocycles. The Morgan fingerprint density at radius 3 is 2.18 bits per heavy atom. The van der Waals surface area contributed by atoms with Crippen molar-refractivity contribution in [2.45, 2.75) is 46.6 Å². The molecule has 0 unspecified atom stereocenters. The molecule has 0 aromatic heterocycles. The molecule has 0 aromatic carbocycles. The number of carbonyl (C=O) groups excluding carboxylic acids is 1. The standard InChI is InChI=1S/C9H19NO/c1-7(10)5-6-8(11)9(2,3)4/h7H,5-6,10H2,1-4H3/t7-/m1/s1. The lowest BCUT2D eigenvalue weighted by atomic mass is 9.87. The fraction of sp³-hybridized carbons (Fsp3) is 0.889. The number of hydrogen-bond donors (Lipinski definition) is 1. The van der Waals surface area contributed by atoms with Crippen LogP contribution in [0.3, 0.4) is 0 Å². The molecule has 0 saturated heterocycles. The molecular formula is C9H19NO. The Labute approximate surface area is 69.2 Å². The topological polar surface area (TPSA) is 43.1 Å². The van der Waals surface area contributed by atoms with Crippen molar-refractivity contribution in [2.24, 2.45) is 11.1 Å². The first-order valence-corrected chi connectivity index (χ1v) is 4.13. The monoisotopic (exact) mass is 157 g/mol. The molecule has 66 valence electrons. The summed E-state index contributed by atoms with van der Waals surface area (Å²) in [6.45, 7) is 7.75. The number of ketones is 1. The van der Waals surface area contributed by atoms with Gasteiger partial charge in [0, 0.05) is 17.9 Å². The van der Waals surface area contributed by atoms with E-state index < -0.39 is 0 Å². The molecule has 0 fully saturated rings. The molecule has 2 N–H and O–H groups in total. The molecule has 0 aliphatic rings. The Hall–Kier alpha value is -0.370. The maximum atomic E-state index is 11.3. The molecule has 0 bridgehead atoms. The van der Waals surface area contributed by atoms with Crippen LogP contribution in [0.5, 0.6) is 0 Å². The minimum absolute atomic E-state index is 0.140. The normalized spacial score (nSPS) is 14.6. The Morgan fingerprint density at radius 2 is 1.91 bits per heavy atom. The summed E-state index contributed by atoms with van der Waals surface area (Å²) in [5.41, 5.74) is 5.33. The van der Waals surface area contributed by atoms with Crippen LogP contribution < -0.4 is 5.73 Å². The first-order valence-electron chi connectivity index (χ1n) is 4.13. The van der Waals surface area contributed by atoms with Gasteiger partial charge in [0.25, 0.3) is 0 Å². The highest BCUT2D eigenvalue weighted by molar-refractivity contribution is 5.83. The highest BCUT2D eigenvalue weighted by Crippen LogP contribution is 2.17. The summed E-state index contributed by atoms with van der Waals surface area (Å²) in [6, 6.07) is 0.140. The van der Waals surface area contributed by atoms with Crippen LogP contribution >= 0.6 is 0 Å². The predicted octanol–water partition coefficient (Wildman–Crippen LogP) is 1.73. The molecule has 0 spiro atoms. The van der Waals surface area contributed by atoms with Gasteiger partial charge in [-0.05, 0) is 13.3 Å². The van der Waals surface area contributed by atoms with Crippen LogP contribution in [0.2, 0.25) is 0 Å². The first-order chi connectivity index (χ1) is 4.84. The van der Waals surface area contributed by atoms with E-state index >= 15 is 0 Å². The lowest BCUT2D eigenvalue weighted by Gasteiger charge is -2.16. The molecule has 0 rings (SSSR count). The van der Waals surface area contributed by atoms with Crippen LogP contribution in [0.15, 0.2) is 0 Å². The summed E-state index contributed by atoms with van der Waals surface area (Å²) in [7, 11) is 0. The van der Waals surface area contributed by atoms with Gasteiger partial charge in [0.2, 0.25) is 0 Å². The molecule has 2 heteroatoms. The van der Waals surface area contributed by atoms with Gasteiger partial charge in [-0.3, -0.25) is 4.79 Å². The van der Waals surface area contributed by atoms with E-state index in [-0.39, 0.29) is 11.5 Å². The van der Waals surface area contributed by atoms with E-state index in [2.05, 4.69) is 0 Å². The molecule has 0 amide bonds. The molecule has 0 aliphatic heterocycles. The third-order valence-corrected chi connectivity index (χ3v) is 1.66.